The molecule has 0 saturated carbocycles. The molecule has 0 radical (unpaired) electrons. The minimum atomic E-state index is 0.909. The van der Waals surface area contributed by atoms with E-state index in [9.17, 15) is 0 Å². The number of aliphatic imine (C=N–C) groups is 1. The third-order valence-electron chi connectivity index (χ3n) is 2.47. The summed E-state index contributed by atoms with van der Waals surface area (Å²) in [6.07, 6.45) is 3.42. The summed E-state index contributed by atoms with van der Waals surface area (Å²) in [7, 11) is 0. The van der Waals surface area contributed by atoms with Gasteiger partial charge >= 0.3 is 0 Å². The van der Waals surface area contributed by atoms with Crippen LogP contribution >= 0.6 is 0 Å². The Balaban J connectivity index is 1.80. The highest BCUT2D eigenvalue weighted by atomic mass is 15.0. The Labute approximate surface area is 85.1 Å². The Bertz CT molecular complexity index is 295. The zero-order valence-corrected chi connectivity index (χ0v) is 8.37. The van der Waals surface area contributed by atoms with Crippen LogP contribution in [0.25, 0.3) is 0 Å². The third-order valence-corrected chi connectivity index (χ3v) is 2.47. The molecular weight excluding hydrogens is 172 g/mol. The van der Waals surface area contributed by atoms with Gasteiger partial charge in [0.25, 0.3) is 0 Å². The fraction of sp³-hybridized carbons (Fsp3) is 0.417. The topological polar surface area (TPSA) is 24.4 Å². The highest BCUT2D eigenvalue weighted by Crippen LogP contribution is 2.02. The second kappa shape index (κ2) is 4.80. The standard InChI is InChI=1S/C12H16N2/c1-2-5-11(6-3-1)8-10-14-12-7-4-9-13-12/h1-3,5-6H,4,7-10H2,(H,13,14). The maximum Gasteiger partial charge on any atom is 0.0963 e. The quantitative estimate of drug-likeness (QED) is 0.771. The molecule has 1 fully saturated rings. The van der Waals surface area contributed by atoms with Gasteiger partial charge in [-0.25, -0.2) is 0 Å². The molecule has 1 aromatic rings. The summed E-state index contributed by atoms with van der Waals surface area (Å²) in [4.78, 5) is 4.52. The Morgan fingerprint density at radius 1 is 1.21 bits per heavy atom. The lowest BCUT2D eigenvalue weighted by molar-refractivity contribution is 0.910. The molecule has 74 valence electrons. The van der Waals surface area contributed by atoms with Gasteiger partial charge in [-0.2, -0.15) is 0 Å². The number of nitrogens with one attached hydrogen (secondary N) is 1. The first kappa shape index (κ1) is 9.25. The van der Waals surface area contributed by atoms with Crippen LogP contribution in [0.3, 0.4) is 0 Å². The minimum absolute atomic E-state index is 0.909. The first-order chi connectivity index (χ1) is 6.95. The maximum absolute atomic E-state index is 4.52. The van der Waals surface area contributed by atoms with Gasteiger partial charge in [0.05, 0.1) is 5.84 Å². The summed E-state index contributed by atoms with van der Waals surface area (Å²) in [5.74, 6) is 1.20. The van der Waals surface area contributed by atoms with Gasteiger partial charge in [-0.05, 0) is 18.4 Å². The van der Waals surface area contributed by atoms with Gasteiger partial charge in [-0.3, -0.25) is 4.99 Å². The van der Waals surface area contributed by atoms with Crippen molar-refractivity contribution in [3.05, 3.63) is 35.9 Å². The zero-order chi connectivity index (χ0) is 9.64. The summed E-state index contributed by atoms with van der Waals surface area (Å²) in [6, 6.07) is 10.5. The molecule has 1 N–H and O–H groups in total. The second-order valence-corrected chi connectivity index (χ2v) is 3.59. The van der Waals surface area contributed by atoms with E-state index in [2.05, 4.69) is 34.6 Å². The predicted molar refractivity (Wildman–Crippen MR) is 59.7 cm³/mol. The highest BCUT2D eigenvalue weighted by Gasteiger charge is 2.04. The average Bonchev–Trinajstić information content (AvgIpc) is 2.72. The average molecular weight is 188 g/mol. The van der Waals surface area contributed by atoms with Gasteiger partial charge in [0, 0.05) is 19.5 Å². The summed E-state index contributed by atoms with van der Waals surface area (Å²) >= 11 is 0. The molecule has 0 spiro atoms. The first-order valence-electron chi connectivity index (χ1n) is 5.26. The van der Waals surface area contributed by atoms with Crippen molar-refractivity contribution >= 4 is 5.84 Å². The van der Waals surface area contributed by atoms with Crippen LogP contribution in [-0.4, -0.2) is 18.9 Å². The lowest BCUT2D eigenvalue weighted by Gasteiger charge is -1.99. The van der Waals surface area contributed by atoms with E-state index in [0.717, 1.165) is 25.9 Å². The van der Waals surface area contributed by atoms with E-state index in [-0.39, 0.29) is 0 Å². The fourth-order valence-electron chi connectivity index (χ4n) is 1.68. The second-order valence-electron chi connectivity index (χ2n) is 3.59. The monoisotopic (exact) mass is 188 g/mol. The Hall–Kier alpha value is -1.31. The number of hydrogen-bond donors (Lipinski definition) is 1. The van der Waals surface area contributed by atoms with E-state index in [0.29, 0.717) is 0 Å². The summed E-state index contributed by atoms with van der Waals surface area (Å²) in [5.41, 5.74) is 1.37. The summed E-state index contributed by atoms with van der Waals surface area (Å²) < 4.78 is 0. The molecule has 1 heterocycles. The molecule has 0 aliphatic carbocycles. The molecular formula is C12H16N2. The molecule has 1 saturated heterocycles. The Morgan fingerprint density at radius 3 is 2.79 bits per heavy atom. The van der Waals surface area contributed by atoms with Crippen molar-refractivity contribution in [1.29, 1.82) is 0 Å². The van der Waals surface area contributed by atoms with Crippen LogP contribution in [0.2, 0.25) is 0 Å². The summed E-state index contributed by atoms with van der Waals surface area (Å²) in [6.45, 7) is 2.01. The van der Waals surface area contributed by atoms with E-state index in [1.807, 2.05) is 6.07 Å². The highest BCUT2D eigenvalue weighted by molar-refractivity contribution is 5.83. The van der Waals surface area contributed by atoms with Crippen molar-refractivity contribution in [3.8, 4) is 0 Å². The van der Waals surface area contributed by atoms with Crippen molar-refractivity contribution in [2.45, 2.75) is 19.3 Å². The number of hydrogen-bond acceptors (Lipinski definition) is 1. The molecule has 0 aromatic heterocycles. The molecule has 0 atom stereocenters. The van der Waals surface area contributed by atoms with Crippen LogP contribution in [0.4, 0.5) is 0 Å². The normalized spacial score (nSPS) is 18.4. The molecule has 1 aliphatic heterocycles. The van der Waals surface area contributed by atoms with E-state index >= 15 is 0 Å². The molecule has 0 bridgehead atoms. The van der Waals surface area contributed by atoms with Crippen molar-refractivity contribution in [2.24, 2.45) is 4.99 Å². The molecule has 1 aliphatic rings. The molecule has 2 rings (SSSR count). The van der Waals surface area contributed by atoms with Crippen molar-refractivity contribution in [2.75, 3.05) is 13.1 Å². The van der Waals surface area contributed by atoms with Gasteiger partial charge in [0.1, 0.15) is 0 Å². The number of nitrogens with zero attached hydrogens (tertiary/aromatic N) is 1. The van der Waals surface area contributed by atoms with E-state index in [1.54, 1.807) is 0 Å². The molecule has 2 heteroatoms. The van der Waals surface area contributed by atoms with Gasteiger partial charge in [0.2, 0.25) is 0 Å². The molecule has 0 unspecified atom stereocenters. The number of amidine groups is 1. The van der Waals surface area contributed by atoms with Crippen LogP contribution in [-0.2, 0) is 6.42 Å². The van der Waals surface area contributed by atoms with Crippen molar-refractivity contribution in [3.63, 3.8) is 0 Å². The van der Waals surface area contributed by atoms with Crippen LogP contribution in [0.15, 0.2) is 35.3 Å². The van der Waals surface area contributed by atoms with Crippen molar-refractivity contribution < 1.29 is 0 Å². The third kappa shape index (κ3) is 2.59. The SMILES string of the molecule is c1ccc(CCN=C2CCCN2)cc1. The van der Waals surface area contributed by atoms with Gasteiger partial charge in [0.15, 0.2) is 0 Å². The van der Waals surface area contributed by atoms with Crippen LogP contribution in [0.5, 0.6) is 0 Å². The Morgan fingerprint density at radius 2 is 2.07 bits per heavy atom. The lowest BCUT2D eigenvalue weighted by atomic mass is 10.2. The van der Waals surface area contributed by atoms with Gasteiger partial charge in [-0.15, -0.1) is 0 Å². The van der Waals surface area contributed by atoms with E-state index < -0.39 is 0 Å². The maximum atomic E-state index is 4.52. The predicted octanol–water partition coefficient (Wildman–Crippen LogP) is 2.01. The number of rotatable bonds is 3. The molecule has 2 nitrogen and oxygen atoms in total. The molecule has 0 amide bonds. The fourth-order valence-corrected chi connectivity index (χ4v) is 1.68. The number of benzene rings is 1. The van der Waals surface area contributed by atoms with Gasteiger partial charge < -0.3 is 5.32 Å². The lowest BCUT2D eigenvalue weighted by Crippen LogP contribution is -2.14. The summed E-state index contributed by atoms with van der Waals surface area (Å²) in [5, 5.41) is 3.29. The van der Waals surface area contributed by atoms with E-state index in [1.165, 1.54) is 17.8 Å². The first-order valence-corrected chi connectivity index (χ1v) is 5.26. The van der Waals surface area contributed by atoms with Crippen LogP contribution in [0.1, 0.15) is 18.4 Å². The smallest absolute Gasteiger partial charge is 0.0963 e. The minimum Gasteiger partial charge on any atom is -0.374 e. The molecule has 14 heavy (non-hydrogen) atoms. The van der Waals surface area contributed by atoms with Gasteiger partial charge in [-0.1, -0.05) is 30.3 Å². The zero-order valence-electron chi connectivity index (χ0n) is 8.37. The largest absolute Gasteiger partial charge is 0.374 e. The van der Waals surface area contributed by atoms with Crippen LogP contribution in [0, 0.1) is 0 Å². The van der Waals surface area contributed by atoms with Crippen LogP contribution < -0.4 is 5.32 Å². The van der Waals surface area contributed by atoms with E-state index in [4.69, 9.17) is 0 Å². The Kier molecular flexibility index (Phi) is 3.17. The molecule has 1 aromatic carbocycles. The van der Waals surface area contributed by atoms with Crippen molar-refractivity contribution in [1.82, 2.24) is 5.32 Å².